The molecule has 130 valence electrons. The van der Waals surface area contributed by atoms with E-state index in [2.05, 4.69) is 42.0 Å². The number of benzene rings is 2. The zero-order valence-corrected chi connectivity index (χ0v) is 14.9. The summed E-state index contributed by atoms with van der Waals surface area (Å²) in [6, 6.07) is 20.8. The molecule has 1 saturated heterocycles. The number of nitrogens with zero attached hydrogens (tertiary/aromatic N) is 3. The fraction of sp³-hybridized carbons (Fsp3) is 0.381. The van der Waals surface area contributed by atoms with Crippen molar-refractivity contribution in [3.8, 4) is 11.8 Å². The Kier molecular flexibility index (Phi) is 5.70. The smallest absolute Gasteiger partial charge is 0.123 e. The Morgan fingerprint density at radius 3 is 2.48 bits per heavy atom. The monoisotopic (exact) mass is 335 g/mol. The molecule has 1 aliphatic heterocycles. The maximum absolute atomic E-state index is 9.67. The van der Waals surface area contributed by atoms with Gasteiger partial charge in [-0.25, -0.2) is 0 Å². The molecule has 1 heterocycles. The van der Waals surface area contributed by atoms with Crippen molar-refractivity contribution in [1.29, 1.82) is 5.26 Å². The Balaban J connectivity index is 1.63. The van der Waals surface area contributed by atoms with Crippen LogP contribution in [0, 0.1) is 11.3 Å². The number of piperazine rings is 1. The summed E-state index contributed by atoms with van der Waals surface area (Å²) in [5.74, 6) is 0.830. The Hall–Kier alpha value is -2.35. The van der Waals surface area contributed by atoms with Crippen molar-refractivity contribution in [2.75, 3.05) is 26.7 Å². The third-order valence-corrected chi connectivity index (χ3v) is 4.92. The summed E-state index contributed by atoms with van der Waals surface area (Å²) in [6.45, 7) is 5.60. The molecule has 0 radical (unpaired) electrons. The summed E-state index contributed by atoms with van der Waals surface area (Å²) in [6.07, 6.45) is 0. The molecule has 4 nitrogen and oxygen atoms in total. The van der Waals surface area contributed by atoms with Crippen LogP contribution < -0.4 is 4.74 Å². The third kappa shape index (κ3) is 4.39. The van der Waals surface area contributed by atoms with Gasteiger partial charge in [0.1, 0.15) is 18.4 Å². The van der Waals surface area contributed by atoms with E-state index in [4.69, 9.17) is 4.74 Å². The number of rotatable bonds is 5. The minimum Gasteiger partial charge on any atom is -0.489 e. The molecule has 0 saturated carbocycles. The van der Waals surface area contributed by atoms with Gasteiger partial charge in [0.25, 0.3) is 0 Å². The van der Waals surface area contributed by atoms with Crippen LogP contribution in [0.25, 0.3) is 0 Å². The van der Waals surface area contributed by atoms with Crippen molar-refractivity contribution in [2.24, 2.45) is 0 Å². The molecule has 2 atom stereocenters. The standard InChI is InChI=1S/C21H25N3O/c1-17-15-24(13-12-23(17)2)21(14-22)19-8-10-20(11-9-19)25-16-18-6-4-3-5-7-18/h3-11,17,21H,12-13,15-16H2,1-2H3. The summed E-state index contributed by atoms with van der Waals surface area (Å²) >= 11 is 0. The van der Waals surface area contributed by atoms with Crippen molar-refractivity contribution < 1.29 is 4.74 Å². The molecule has 2 aromatic rings. The second-order valence-electron chi connectivity index (χ2n) is 6.70. The topological polar surface area (TPSA) is 39.5 Å². The van der Waals surface area contributed by atoms with Crippen molar-refractivity contribution in [1.82, 2.24) is 9.80 Å². The van der Waals surface area contributed by atoms with Crippen molar-refractivity contribution in [3.63, 3.8) is 0 Å². The van der Waals surface area contributed by atoms with Crippen molar-refractivity contribution >= 4 is 0 Å². The lowest BCUT2D eigenvalue weighted by Gasteiger charge is -2.39. The second kappa shape index (κ2) is 8.15. The first-order valence-electron chi connectivity index (χ1n) is 8.78. The van der Waals surface area contributed by atoms with Crippen LogP contribution >= 0.6 is 0 Å². The zero-order chi connectivity index (χ0) is 17.6. The lowest BCUT2D eigenvalue weighted by molar-refractivity contribution is 0.0881. The highest BCUT2D eigenvalue weighted by atomic mass is 16.5. The summed E-state index contributed by atoms with van der Waals surface area (Å²) < 4.78 is 5.83. The summed E-state index contributed by atoms with van der Waals surface area (Å²) in [7, 11) is 2.14. The molecule has 2 unspecified atom stereocenters. The average Bonchev–Trinajstić information content (AvgIpc) is 2.65. The van der Waals surface area contributed by atoms with Crippen LogP contribution in [0.15, 0.2) is 54.6 Å². The van der Waals surface area contributed by atoms with Gasteiger partial charge in [0, 0.05) is 25.7 Å². The van der Waals surface area contributed by atoms with Crippen LogP contribution in [0.5, 0.6) is 5.75 Å². The maximum atomic E-state index is 9.67. The van der Waals surface area contributed by atoms with Gasteiger partial charge in [0.15, 0.2) is 0 Å². The highest BCUT2D eigenvalue weighted by Crippen LogP contribution is 2.25. The highest BCUT2D eigenvalue weighted by molar-refractivity contribution is 5.32. The van der Waals surface area contributed by atoms with Crippen LogP contribution in [-0.4, -0.2) is 42.5 Å². The van der Waals surface area contributed by atoms with Gasteiger partial charge >= 0.3 is 0 Å². The van der Waals surface area contributed by atoms with Gasteiger partial charge in [-0.15, -0.1) is 0 Å². The quantitative estimate of drug-likeness (QED) is 0.839. The summed E-state index contributed by atoms with van der Waals surface area (Å²) in [5, 5.41) is 9.67. The fourth-order valence-electron chi connectivity index (χ4n) is 3.17. The molecule has 0 spiro atoms. The van der Waals surface area contributed by atoms with E-state index >= 15 is 0 Å². The molecule has 0 aromatic heterocycles. The van der Waals surface area contributed by atoms with E-state index in [0.717, 1.165) is 36.5 Å². The molecule has 3 rings (SSSR count). The van der Waals surface area contributed by atoms with Gasteiger partial charge in [-0.3, -0.25) is 4.90 Å². The van der Waals surface area contributed by atoms with E-state index in [1.165, 1.54) is 0 Å². The number of likely N-dealkylation sites (N-methyl/N-ethyl adjacent to an activating group) is 1. The van der Waals surface area contributed by atoms with Crippen LogP contribution in [0.4, 0.5) is 0 Å². The predicted octanol–water partition coefficient (Wildman–Crippen LogP) is 3.47. The van der Waals surface area contributed by atoms with Crippen molar-refractivity contribution in [2.45, 2.75) is 25.6 Å². The zero-order valence-electron chi connectivity index (χ0n) is 14.9. The van der Waals surface area contributed by atoms with E-state index < -0.39 is 0 Å². The maximum Gasteiger partial charge on any atom is 0.123 e. The molecule has 25 heavy (non-hydrogen) atoms. The molecule has 2 aromatic carbocycles. The van der Waals surface area contributed by atoms with Crippen LogP contribution in [-0.2, 0) is 6.61 Å². The second-order valence-corrected chi connectivity index (χ2v) is 6.70. The molecular formula is C21H25N3O. The van der Waals surface area contributed by atoms with Gasteiger partial charge in [-0.2, -0.15) is 5.26 Å². The Labute approximate surface area is 150 Å². The molecular weight excluding hydrogens is 310 g/mol. The van der Waals surface area contributed by atoms with Gasteiger partial charge in [0.05, 0.1) is 6.07 Å². The minimum atomic E-state index is -0.195. The number of hydrogen-bond acceptors (Lipinski definition) is 4. The predicted molar refractivity (Wildman–Crippen MR) is 99.2 cm³/mol. The van der Waals surface area contributed by atoms with Crippen LogP contribution in [0.2, 0.25) is 0 Å². The molecule has 0 N–H and O–H groups in total. The largest absolute Gasteiger partial charge is 0.489 e. The summed E-state index contributed by atoms with van der Waals surface area (Å²) in [4.78, 5) is 4.61. The van der Waals surface area contributed by atoms with E-state index in [1.807, 2.05) is 42.5 Å². The SMILES string of the molecule is CC1CN(C(C#N)c2ccc(OCc3ccccc3)cc2)CCN1C. The van der Waals surface area contributed by atoms with Crippen molar-refractivity contribution in [3.05, 3.63) is 65.7 Å². The van der Waals surface area contributed by atoms with Gasteiger partial charge in [-0.05, 0) is 37.2 Å². The van der Waals surface area contributed by atoms with E-state index in [0.29, 0.717) is 12.6 Å². The molecule has 1 aliphatic rings. The first kappa shape index (κ1) is 17.5. The highest BCUT2D eigenvalue weighted by Gasteiger charge is 2.27. The first-order valence-corrected chi connectivity index (χ1v) is 8.78. The molecule has 0 bridgehead atoms. The third-order valence-electron chi connectivity index (χ3n) is 4.92. The first-order chi connectivity index (χ1) is 12.2. The van der Waals surface area contributed by atoms with Gasteiger partial charge < -0.3 is 9.64 Å². The minimum absolute atomic E-state index is 0.195. The van der Waals surface area contributed by atoms with E-state index in [1.54, 1.807) is 0 Å². The molecule has 0 amide bonds. The van der Waals surface area contributed by atoms with Crippen LogP contribution in [0.3, 0.4) is 0 Å². The van der Waals surface area contributed by atoms with E-state index in [-0.39, 0.29) is 6.04 Å². The summed E-state index contributed by atoms with van der Waals surface area (Å²) in [5.41, 5.74) is 2.18. The lowest BCUT2D eigenvalue weighted by atomic mass is 10.0. The van der Waals surface area contributed by atoms with Crippen LogP contribution in [0.1, 0.15) is 24.1 Å². The normalized spacial score (nSPS) is 20.0. The Bertz CT molecular complexity index is 708. The molecule has 1 fully saturated rings. The number of hydrogen-bond donors (Lipinski definition) is 0. The Morgan fingerprint density at radius 2 is 1.84 bits per heavy atom. The molecule has 0 aliphatic carbocycles. The molecule has 4 heteroatoms. The van der Waals surface area contributed by atoms with E-state index in [9.17, 15) is 5.26 Å². The fourth-order valence-corrected chi connectivity index (χ4v) is 3.17. The number of ether oxygens (including phenoxy) is 1. The lowest BCUT2D eigenvalue weighted by Crippen LogP contribution is -2.50. The Morgan fingerprint density at radius 1 is 1.12 bits per heavy atom. The number of nitriles is 1. The van der Waals surface area contributed by atoms with Gasteiger partial charge in [-0.1, -0.05) is 42.5 Å². The van der Waals surface area contributed by atoms with Gasteiger partial charge in [0.2, 0.25) is 0 Å². The average molecular weight is 335 g/mol.